The summed E-state index contributed by atoms with van der Waals surface area (Å²) in [5.74, 6) is 1.28. The van der Waals surface area contributed by atoms with Crippen LogP contribution in [-0.2, 0) is 0 Å². The quantitative estimate of drug-likeness (QED) is 0.844. The Hall–Kier alpha value is -1.93. The highest BCUT2D eigenvalue weighted by atomic mass is 32.2. The van der Waals surface area contributed by atoms with Crippen LogP contribution in [0.4, 0.5) is 11.8 Å². The summed E-state index contributed by atoms with van der Waals surface area (Å²) in [7, 11) is 2.14. The zero-order valence-electron chi connectivity index (χ0n) is 13.7. The van der Waals surface area contributed by atoms with Gasteiger partial charge < -0.3 is 15.5 Å². The first kappa shape index (κ1) is 15.9. The van der Waals surface area contributed by atoms with Crippen molar-refractivity contribution in [3.05, 3.63) is 23.7 Å². The lowest BCUT2D eigenvalue weighted by atomic mass is 10.3. The first-order valence-electron chi connectivity index (χ1n) is 7.58. The van der Waals surface area contributed by atoms with Crippen molar-refractivity contribution in [1.29, 1.82) is 0 Å². The van der Waals surface area contributed by atoms with Crippen LogP contribution in [0.1, 0.15) is 11.4 Å². The standard InChI is InChI=1S/C15H21N7S/c1-10-13(23-15-17-5-4-12(16)20-15)11(2)19-14(18-10)22-8-6-21(3)7-9-22/h4-5H,6-9H2,1-3H3,(H2,16,17,20). The Morgan fingerprint density at radius 3 is 2.30 bits per heavy atom. The average molecular weight is 331 g/mol. The molecule has 0 radical (unpaired) electrons. The van der Waals surface area contributed by atoms with Crippen LogP contribution in [0.3, 0.4) is 0 Å². The number of piperazine rings is 1. The minimum atomic E-state index is 0.466. The number of nitrogens with zero attached hydrogens (tertiary/aromatic N) is 6. The second-order valence-electron chi connectivity index (χ2n) is 5.68. The van der Waals surface area contributed by atoms with Gasteiger partial charge in [0.05, 0.1) is 16.3 Å². The van der Waals surface area contributed by atoms with Gasteiger partial charge in [0.25, 0.3) is 0 Å². The molecule has 1 aliphatic rings. The SMILES string of the molecule is Cc1nc(N2CCN(C)CC2)nc(C)c1Sc1nccc(N)n1. The van der Waals surface area contributed by atoms with E-state index in [0.29, 0.717) is 11.0 Å². The van der Waals surface area contributed by atoms with Gasteiger partial charge in [-0.15, -0.1) is 0 Å². The minimum absolute atomic E-state index is 0.466. The molecular weight excluding hydrogens is 310 g/mol. The van der Waals surface area contributed by atoms with Gasteiger partial charge in [0.1, 0.15) is 5.82 Å². The molecule has 0 unspecified atom stereocenters. The van der Waals surface area contributed by atoms with Gasteiger partial charge in [-0.05, 0) is 38.7 Å². The molecule has 0 aromatic carbocycles. The van der Waals surface area contributed by atoms with Gasteiger partial charge >= 0.3 is 0 Å². The van der Waals surface area contributed by atoms with Crippen LogP contribution in [0.15, 0.2) is 22.3 Å². The van der Waals surface area contributed by atoms with E-state index in [1.165, 1.54) is 11.8 Å². The van der Waals surface area contributed by atoms with Gasteiger partial charge in [-0.25, -0.2) is 19.9 Å². The molecule has 23 heavy (non-hydrogen) atoms. The second kappa shape index (κ2) is 6.67. The number of aromatic nitrogens is 4. The zero-order chi connectivity index (χ0) is 16.4. The molecule has 2 aromatic heterocycles. The van der Waals surface area contributed by atoms with Crippen LogP contribution in [-0.4, -0.2) is 58.1 Å². The molecular formula is C15H21N7S. The summed E-state index contributed by atoms with van der Waals surface area (Å²) in [5.41, 5.74) is 7.61. The van der Waals surface area contributed by atoms with Crippen LogP contribution >= 0.6 is 11.8 Å². The molecule has 0 amide bonds. The third-order valence-electron chi connectivity index (χ3n) is 3.83. The largest absolute Gasteiger partial charge is 0.384 e. The molecule has 0 aliphatic carbocycles. The molecule has 122 valence electrons. The molecule has 7 nitrogen and oxygen atoms in total. The average Bonchev–Trinajstić information content (AvgIpc) is 2.51. The highest BCUT2D eigenvalue weighted by Gasteiger charge is 2.19. The molecule has 0 saturated carbocycles. The Kier molecular flexibility index (Phi) is 4.63. The van der Waals surface area contributed by atoms with E-state index in [0.717, 1.165) is 48.4 Å². The second-order valence-corrected chi connectivity index (χ2v) is 6.66. The summed E-state index contributed by atoms with van der Waals surface area (Å²) >= 11 is 1.46. The van der Waals surface area contributed by atoms with E-state index < -0.39 is 0 Å². The predicted octanol–water partition coefficient (Wildman–Crippen LogP) is 1.37. The monoisotopic (exact) mass is 331 g/mol. The van der Waals surface area contributed by atoms with E-state index in [-0.39, 0.29) is 0 Å². The maximum absolute atomic E-state index is 5.71. The van der Waals surface area contributed by atoms with Crippen molar-refractivity contribution in [2.75, 3.05) is 43.9 Å². The van der Waals surface area contributed by atoms with Crippen molar-refractivity contribution in [3.8, 4) is 0 Å². The van der Waals surface area contributed by atoms with Gasteiger partial charge in [0.2, 0.25) is 5.95 Å². The molecule has 2 N–H and O–H groups in total. The number of rotatable bonds is 3. The van der Waals surface area contributed by atoms with E-state index in [1.807, 2.05) is 13.8 Å². The predicted molar refractivity (Wildman–Crippen MR) is 91.8 cm³/mol. The smallest absolute Gasteiger partial charge is 0.225 e. The van der Waals surface area contributed by atoms with Gasteiger partial charge in [0.15, 0.2) is 5.16 Å². The van der Waals surface area contributed by atoms with E-state index in [4.69, 9.17) is 5.73 Å². The van der Waals surface area contributed by atoms with Gasteiger partial charge in [0, 0.05) is 32.4 Å². The lowest BCUT2D eigenvalue weighted by molar-refractivity contribution is 0.311. The molecule has 0 spiro atoms. The summed E-state index contributed by atoms with van der Waals surface area (Å²) in [6.45, 7) is 8.00. The van der Waals surface area contributed by atoms with Crippen LogP contribution in [0, 0.1) is 13.8 Å². The number of hydrogen-bond donors (Lipinski definition) is 1. The Labute approximate surface area is 140 Å². The summed E-state index contributed by atoms with van der Waals surface area (Å²) < 4.78 is 0. The van der Waals surface area contributed by atoms with Gasteiger partial charge in [-0.1, -0.05) is 0 Å². The molecule has 1 saturated heterocycles. The molecule has 8 heteroatoms. The number of nitrogen functional groups attached to an aromatic ring is 1. The van der Waals surface area contributed by atoms with Crippen molar-refractivity contribution >= 4 is 23.5 Å². The fraction of sp³-hybridized carbons (Fsp3) is 0.467. The first-order valence-corrected chi connectivity index (χ1v) is 8.39. The van der Waals surface area contributed by atoms with Crippen molar-refractivity contribution in [1.82, 2.24) is 24.8 Å². The third kappa shape index (κ3) is 3.70. The fourth-order valence-corrected chi connectivity index (χ4v) is 3.31. The zero-order valence-corrected chi connectivity index (χ0v) is 14.5. The van der Waals surface area contributed by atoms with E-state index in [9.17, 15) is 0 Å². The number of anilines is 2. The number of nitrogens with two attached hydrogens (primary N) is 1. The summed E-state index contributed by atoms with van der Waals surface area (Å²) in [6.07, 6.45) is 1.66. The topological polar surface area (TPSA) is 84.1 Å². The van der Waals surface area contributed by atoms with Crippen molar-refractivity contribution in [2.45, 2.75) is 23.9 Å². The normalized spacial score (nSPS) is 15.9. The Morgan fingerprint density at radius 1 is 1.04 bits per heavy atom. The highest BCUT2D eigenvalue weighted by molar-refractivity contribution is 7.99. The number of aryl methyl sites for hydroxylation is 2. The Balaban J connectivity index is 1.83. The van der Waals surface area contributed by atoms with E-state index in [1.54, 1.807) is 12.3 Å². The van der Waals surface area contributed by atoms with Crippen molar-refractivity contribution in [3.63, 3.8) is 0 Å². The molecule has 0 bridgehead atoms. The van der Waals surface area contributed by atoms with Crippen LogP contribution in [0.25, 0.3) is 0 Å². The van der Waals surface area contributed by atoms with E-state index >= 15 is 0 Å². The third-order valence-corrected chi connectivity index (χ3v) is 5.00. The first-order chi connectivity index (χ1) is 11.0. The molecule has 3 heterocycles. The lowest BCUT2D eigenvalue weighted by Crippen LogP contribution is -2.45. The van der Waals surface area contributed by atoms with Gasteiger partial charge in [-0.2, -0.15) is 0 Å². The maximum Gasteiger partial charge on any atom is 0.225 e. The lowest BCUT2D eigenvalue weighted by Gasteiger charge is -2.32. The summed E-state index contributed by atoms with van der Waals surface area (Å²) in [6, 6.07) is 1.68. The molecule has 1 aliphatic heterocycles. The molecule has 3 rings (SSSR count). The summed E-state index contributed by atoms with van der Waals surface area (Å²) in [4.78, 5) is 23.4. The van der Waals surface area contributed by atoms with Crippen LogP contribution < -0.4 is 10.6 Å². The van der Waals surface area contributed by atoms with Crippen LogP contribution in [0.5, 0.6) is 0 Å². The summed E-state index contributed by atoms with van der Waals surface area (Å²) in [5, 5.41) is 0.618. The molecule has 2 aromatic rings. The van der Waals surface area contributed by atoms with Crippen LogP contribution in [0.2, 0.25) is 0 Å². The number of hydrogen-bond acceptors (Lipinski definition) is 8. The Morgan fingerprint density at radius 2 is 1.70 bits per heavy atom. The molecule has 0 atom stereocenters. The highest BCUT2D eigenvalue weighted by Crippen LogP contribution is 2.30. The maximum atomic E-state index is 5.71. The van der Waals surface area contributed by atoms with Crippen molar-refractivity contribution in [2.24, 2.45) is 0 Å². The minimum Gasteiger partial charge on any atom is -0.384 e. The van der Waals surface area contributed by atoms with E-state index in [2.05, 4.69) is 36.8 Å². The number of likely N-dealkylation sites (N-methyl/N-ethyl adjacent to an activating group) is 1. The van der Waals surface area contributed by atoms with Crippen molar-refractivity contribution < 1.29 is 0 Å². The fourth-order valence-electron chi connectivity index (χ4n) is 2.48. The van der Waals surface area contributed by atoms with Gasteiger partial charge in [-0.3, -0.25) is 0 Å². The molecule has 1 fully saturated rings. The Bertz CT molecular complexity index is 675.